The number of oxazole rings is 1. The highest BCUT2D eigenvalue weighted by Gasteiger charge is 2.34. The van der Waals surface area contributed by atoms with E-state index in [0.717, 1.165) is 0 Å². The van der Waals surface area contributed by atoms with Gasteiger partial charge in [0, 0.05) is 12.6 Å². The minimum atomic E-state index is -0.727. The number of hydrogen-bond donors (Lipinski definition) is 1. The summed E-state index contributed by atoms with van der Waals surface area (Å²) in [5, 5.41) is 2.85. The van der Waals surface area contributed by atoms with Crippen LogP contribution in [0.3, 0.4) is 0 Å². The quantitative estimate of drug-likeness (QED) is 0.783. The number of amides is 1. The minimum absolute atomic E-state index is 0.267. The van der Waals surface area contributed by atoms with Crippen molar-refractivity contribution in [2.75, 3.05) is 5.32 Å². The number of carbonyl (C=O) groups excluding carboxylic acids is 1. The van der Waals surface area contributed by atoms with Gasteiger partial charge < -0.3 is 19.2 Å². The number of para-hydroxylation sites is 2. The fourth-order valence-corrected chi connectivity index (χ4v) is 2.74. The van der Waals surface area contributed by atoms with Crippen LogP contribution in [-0.4, -0.2) is 23.1 Å². The minimum Gasteiger partial charge on any atom is -0.482 e. The van der Waals surface area contributed by atoms with Crippen LogP contribution in [0, 0.1) is 6.92 Å². The zero-order valence-corrected chi connectivity index (χ0v) is 13.3. The maximum absolute atomic E-state index is 12.6. The van der Waals surface area contributed by atoms with Crippen molar-refractivity contribution in [3.63, 3.8) is 0 Å². The Balaban J connectivity index is 1.54. The summed E-state index contributed by atoms with van der Waals surface area (Å²) in [6, 6.07) is 12.6. The second-order valence-corrected chi connectivity index (χ2v) is 5.71. The van der Waals surface area contributed by atoms with Gasteiger partial charge in [-0.1, -0.05) is 12.1 Å². The van der Waals surface area contributed by atoms with Crippen molar-refractivity contribution in [3.8, 4) is 11.5 Å². The molecular formula is C18H16N2O4. The lowest BCUT2D eigenvalue weighted by Gasteiger charge is -2.30. The number of nitrogens with zero attached hydrogens (tertiary/aromatic N) is 1. The number of hydrogen-bond acceptors (Lipinski definition) is 5. The molecule has 1 aliphatic heterocycles. The topological polar surface area (TPSA) is 73.6 Å². The largest absolute Gasteiger partial charge is 0.482 e. The van der Waals surface area contributed by atoms with Gasteiger partial charge in [0.05, 0.1) is 0 Å². The van der Waals surface area contributed by atoms with Crippen LogP contribution in [0.25, 0.3) is 11.1 Å². The van der Waals surface area contributed by atoms with Crippen molar-refractivity contribution < 1.29 is 18.7 Å². The number of rotatable bonds is 2. The average Bonchev–Trinajstić information content (AvgIpc) is 2.93. The molecule has 0 fully saturated rings. The number of carbonyl (C=O) groups is 1. The summed E-state index contributed by atoms with van der Waals surface area (Å²) in [5.41, 5.74) is 2.02. The van der Waals surface area contributed by atoms with Gasteiger partial charge in [0.2, 0.25) is 6.10 Å². The third-order valence-electron chi connectivity index (χ3n) is 3.86. The van der Waals surface area contributed by atoms with Gasteiger partial charge in [-0.15, -0.1) is 0 Å². The molecule has 0 bridgehead atoms. The van der Waals surface area contributed by atoms with E-state index in [9.17, 15) is 4.79 Å². The Bertz CT molecular complexity index is 918. The SMILES string of the molecule is Cc1nc2cc(NC(=O)C3Oc4ccccc4OC3C)ccc2o1. The third-order valence-corrected chi connectivity index (χ3v) is 3.86. The highest BCUT2D eigenvalue weighted by Crippen LogP contribution is 2.33. The second-order valence-electron chi connectivity index (χ2n) is 5.71. The molecule has 1 aromatic heterocycles. The molecule has 3 aromatic rings. The van der Waals surface area contributed by atoms with E-state index in [4.69, 9.17) is 13.9 Å². The highest BCUT2D eigenvalue weighted by atomic mass is 16.6. The summed E-state index contributed by atoms with van der Waals surface area (Å²) in [6.45, 7) is 3.59. The Morgan fingerprint density at radius 1 is 1.12 bits per heavy atom. The van der Waals surface area contributed by atoms with Gasteiger partial charge >= 0.3 is 0 Å². The molecule has 0 saturated carbocycles. The average molecular weight is 324 g/mol. The zero-order chi connectivity index (χ0) is 16.7. The van der Waals surface area contributed by atoms with E-state index in [0.29, 0.717) is 34.2 Å². The lowest BCUT2D eigenvalue weighted by molar-refractivity contribution is -0.128. The first-order chi connectivity index (χ1) is 11.6. The van der Waals surface area contributed by atoms with Crippen LogP contribution in [0.15, 0.2) is 46.9 Å². The standard InChI is InChI=1S/C18H16N2O4/c1-10-17(24-16-6-4-3-5-15(16)22-10)18(21)20-12-7-8-14-13(9-12)19-11(2)23-14/h3-10,17H,1-2H3,(H,20,21). The summed E-state index contributed by atoms with van der Waals surface area (Å²) in [5.74, 6) is 1.53. The summed E-state index contributed by atoms with van der Waals surface area (Å²) in [4.78, 5) is 16.8. The van der Waals surface area contributed by atoms with Crippen LogP contribution < -0.4 is 14.8 Å². The van der Waals surface area contributed by atoms with E-state index in [1.807, 2.05) is 25.1 Å². The molecule has 1 N–H and O–H groups in total. The van der Waals surface area contributed by atoms with Crippen molar-refractivity contribution in [2.24, 2.45) is 0 Å². The summed E-state index contributed by atoms with van der Waals surface area (Å²) < 4.78 is 17.0. The number of anilines is 1. The van der Waals surface area contributed by atoms with E-state index >= 15 is 0 Å². The Morgan fingerprint density at radius 2 is 1.88 bits per heavy atom. The number of benzene rings is 2. The van der Waals surface area contributed by atoms with Crippen molar-refractivity contribution in [1.29, 1.82) is 0 Å². The molecule has 6 heteroatoms. The van der Waals surface area contributed by atoms with Crippen LogP contribution >= 0.6 is 0 Å². The lowest BCUT2D eigenvalue weighted by atomic mass is 10.1. The van der Waals surface area contributed by atoms with Gasteiger partial charge in [0.15, 0.2) is 23.0 Å². The number of aromatic nitrogens is 1. The molecule has 2 atom stereocenters. The molecule has 0 saturated heterocycles. The molecule has 1 amide bonds. The first-order valence-corrected chi connectivity index (χ1v) is 7.70. The number of aryl methyl sites for hydroxylation is 1. The summed E-state index contributed by atoms with van der Waals surface area (Å²) in [6.07, 6.45) is -1.12. The van der Waals surface area contributed by atoms with Crippen molar-refractivity contribution in [2.45, 2.75) is 26.1 Å². The number of fused-ring (bicyclic) bond motifs is 2. The lowest BCUT2D eigenvalue weighted by Crippen LogP contribution is -2.46. The second kappa shape index (κ2) is 5.56. The molecule has 6 nitrogen and oxygen atoms in total. The van der Waals surface area contributed by atoms with Crippen LogP contribution in [0.2, 0.25) is 0 Å². The molecule has 2 heterocycles. The first-order valence-electron chi connectivity index (χ1n) is 7.70. The smallest absolute Gasteiger partial charge is 0.269 e. The van der Waals surface area contributed by atoms with E-state index in [2.05, 4.69) is 10.3 Å². The molecule has 1 aliphatic rings. The monoisotopic (exact) mass is 324 g/mol. The Kier molecular flexibility index (Phi) is 3.37. The molecule has 122 valence electrons. The van der Waals surface area contributed by atoms with Crippen LogP contribution in [-0.2, 0) is 4.79 Å². The molecular weight excluding hydrogens is 308 g/mol. The van der Waals surface area contributed by atoms with Crippen LogP contribution in [0.5, 0.6) is 11.5 Å². The maximum Gasteiger partial charge on any atom is 0.269 e. The fraction of sp³-hybridized carbons (Fsp3) is 0.222. The molecule has 2 unspecified atom stereocenters. The maximum atomic E-state index is 12.6. The normalized spacial score (nSPS) is 19.2. The van der Waals surface area contributed by atoms with Crippen LogP contribution in [0.4, 0.5) is 5.69 Å². The van der Waals surface area contributed by atoms with E-state index in [1.54, 1.807) is 31.2 Å². The van der Waals surface area contributed by atoms with Gasteiger partial charge in [0.1, 0.15) is 11.6 Å². The summed E-state index contributed by atoms with van der Waals surface area (Å²) in [7, 11) is 0. The molecule has 2 aromatic carbocycles. The molecule has 4 rings (SSSR count). The van der Waals surface area contributed by atoms with Gasteiger partial charge in [-0.2, -0.15) is 0 Å². The van der Waals surface area contributed by atoms with Gasteiger partial charge in [-0.3, -0.25) is 4.79 Å². The highest BCUT2D eigenvalue weighted by molar-refractivity contribution is 5.96. The Hall–Kier alpha value is -3.02. The van der Waals surface area contributed by atoms with Gasteiger partial charge in [-0.25, -0.2) is 4.98 Å². The van der Waals surface area contributed by atoms with E-state index in [-0.39, 0.29) is 5.91 Å². The molecule has 0 aliphatic carbocycles. The molecule has 24 heavy (non-hydrogen) atoms. The van der Waals surface area contributed by atoms with E-state index < -0.39 is 12.2 Å². The Labute approximate surface area is 138 Å². The number of nitrogens with one attached hydrogen (secondary N) is 1. The fourth-order valence-electron chi connectivity index (χ4n) is 2.74. The van der Waals surface area contributed by atoms with Gasteiger partial charge in [-0.05, 0) is 37.3 Å². The third kappa shape index (κ3) is 2.56. The van der Waals surface area contributed by atoms with Crippen molar-refractivity contribution in [3.05, 3.63) is 48.4 Å². The molecule has 0 spiro atoms. The summed E-state index contributed by atoms with van der Waals surface area (Å²) >= 11 is 0. The van der Waals surface area contributed by atoms with Crippen molar-refractivity contribution >= 4 is 22.7 Å². The zero-order valence-electron chi connectivity index (χ0n) is 13.3. The predicted octanol–water partition coefficient (Wildman–Crippen LogP) is 3.30. The Morgan fingerprint density at radius 3 is 2.67 bits per heavy atom. The van der Waals surface area contributed by atoms with Gasteiger partial charge in [0.25, 0.3) is 5.91 Å². The van der Waals surface area contributed by atoms with E-state index in [1.165, 1.54) is 0 Å². The molecule has 0 radical (unpaired) electrons. The first kappa shape index (κ1) is 14.6. The van der Waals surface area contributed by atoms with Crippen LogP contribution in [0.1, 0.15) is 12.8 Å². The van der Waals surface area contributed by atoms with Crippen molar-refractivity contribution in [1.82, 2.24) is 4.98 Å². The predicted molar refractivity (Wildman–Crippen MR) is 88.3 cm³/mol. The number of ether oxygens (including phenoxy) is 2.